The Morgan fingerprint density at radius 2 is 2.12 bits per heavy atom. The third kappa shape index (κ3) is 4.92. The molecule has 1 N–H and O–H groups in total. The highest BCUT2D eigenvalue weighted by Crippen LogP contribution is 2.23. The number of carbonyl (C=O) groups is 1. The minimum absolute atomic E-state index is 0.206. The number of nitrogens with one attached hydrogen (secondary N) is 1. The van der Waals surface area contributed by atoms with Crippen molar-refractivity contribution in [1.29, 1.82) is 0 Å². The van der Waals surface area contributed by atoms with Crippen molar-refractivity contribution in [3.05, 3.63) is 0 Å². The van der Waals surface area contributed by atoms with E-state index in [0.29, 0.717) is 19.8 Å². The summed E-state index contributed by atoms with van der Waals surface area (Å²) in [5, 5.41) is 3.03. The largest absolute Gasteiger partial charge is 0.465 e. The van der Waals surface area contributed by atoms with Gasteiger partial charge in [-0.1, -0.05) is 0 Å². The average molecular weight is 231 g/mol. The zero-order valence-corrected chi connectivity index (χ0v) is 10.1. The molecule has 0 amide bonds. The van der Waals surface area contributed by atoms with Gasteiger partial charge in [-0.3, -0.25) is 4.79 Å². The molecular weight excluding hydrogens is 210 g/mol. The highest BCUT2D eigenvalue weighted by atomic mass is 16.7. The Hall–Kier alpha value is -0.650. The molecule has 5 heteroatoms. The van der Waals surface area contributed by atoms with Crippen molar-refractivity contribution in [2.75, 3.05) is 32.9 Å². The standard InChI is InChI=1S/C11H21NO4/c1-3-14-10(13)9-12-6-4-5-11(2)15-7-8-16-11/h12H,3-9H2,1-2H3. The summed E-state index contributed by atoms with van der Waals surface area (Å²) in [6.45, 7) is 6.56. The number of ether oxygens (including phenoxy) is 3. The van der Waals surface area contributed by atoms with Crippen molar-refractivity contribution in [2.45, 2.75) is 32.5 Å². The fourth-order valence-electron chi connectivity index (χ4n) is 1.64. The van der Waals surface area contributed by atoms with Gasteiger partial charge < -0.3 is 19.5 Å². The molecule has 1 aliphatic heterocycles. The minimum atomic E-state index is -0.425. The second-order valence-electron chi connectivity index (χ2n) is 3.92. The summed E-state index contributed by atoms with van der Waals surface area (Å²) in [6, 6.07) is 0. The third-order valence-electron chi connectivity index (χ3n) is 2.46. The first-order valence-electron chi connectivity index (χ1n) is 5.80. The van der Waals surface area contributed by atoms with Gasteiger partial charge in [0.05, 0.1) is 26.4 Å². The van der Waals surface area contributed by atoms with Gasteiger partial charge in [-0.2, -0.15) is 0 Å². The Morgan fingerprint density at radius 1 is 1.44 bits per heavy atom. The van der Waals surface area contributed by atoms with Gasteiger partial charge >= 0.3 is 5.97 Å². The van der Waals surface area contributed by atoms with Crippen LogP contribution < -0.4 is 5.32 Å². The summed E-state index contributed by atoms with van der Waals surface area (Å²) < 4.78 is 15.7. The van der Waals surface area contributed by atoms with E-state index in [1.165, 1.54) is 0 Å². The Morgan fingerprint density at radius 3 is 2.75 bits per heavy atom. The van der Waals surface area contributed by atoms with Gasteiger partial charge in [0.1, 0.15) is 0 Å². The summed E-state index contributed by atoms with van der Waals surface area (Å²) >= 11 is 0. The van der Waals surface area contributed by atoms with Crippen molar-refractivity contribution in [2.24, 2.45) is 0 Å². The maximum Gasteiger partial charge on any atom is 0.319 e. The molecule has 5 nitrogen and oxygen atoms in total. The molecule has 0 aromatic heterocycles. The van der Waals surface area contributed by atoms with Crippen molar-refractivity contribution >= 4 is 5.97 Å². The molecule has 16 heavy (non-hydrogen) atoms. The molecule has 1 saturated heterocycles. The fourth-order valence-corrected chi connectivity index (χ4v) is 1.64. The molecule has 94 valence electrons. The summed E-state index contributed by atoms with van der Waals surface area (Å²) in [7, 11) is 0. The van der Waals surface area contributed by atoms with Crippen molar-refractivity contribution in [3.8, 4) is 0 Å². The average Bonchev–Trinajstić information content (AvgIpc) is 2.65. The number of hydrogen-bond donors (Lipinski definition) is 1. The van der Waals surface area contributed by atoms with E-state index in [1.807, 2.05) is 6.92 Å². The van der Waals surface area contributed by atoms with Gasteiger partial charge in [0.25, 0.3) is 0 Å². The van der Waals surface area contributed by atoms with E-state index in [2.05, 4.69) is 5.32 Å². The first-order valence-corrected chi connectivity index (χ1v) is 5.80. The summed E-state index contributed by atoms with van der Waals surface area (Å²) in [6.07, 6.45) is 1.75. The van der Waals surface area contributed by atoms with E-state index >= 15 is 0 Å². The zero-order chi connectivity index (χ0) is 11.9. The molecule has 1 rings (SSSR count). The van der Waals surface area contributed by atoms with E-state index in [1.54, 1.807) is 6.92 Å². The number of carbonyl (C=O) groups excluding carboxylic acids is 1. The predicted octanol–water partition coefficient (Wildman–Crippen LogP) is 0.682. The second-order valence-corrected chi connectivity index (χ2v) is 3.92. The van der Waals surface area contributed by atoms with Crippen LogP contribution in [0.25, 0.3) is 0 Å². The van der Waals surface area contributed by atoms with Crippen LogP contribution in [0.15, 0.2) is 0 Å². The maximum absolute atomic E-state index is 11.0. The smallest absolute Gasteiger partial charge is 0.319 e. The van der Waals surface area contributed by atoms with Crippen LogP contribution in [0.4, 0.5) is 0 Å². The van der Waals surface area contributed by atoms with Gasteiger partial charge in [-0.25, -0.2) is 0 Å². The molecular formula is C11H21NO4. The summed E-state index contributed by atoms with van der Waals surface area (Å²) in [5.74, 6) is -0.631. The van der Waals surface area contributed by atoms with Crippen molar-refractivity contribution < 1.29 is 19.0 Å². The van der Waals surface area contributed by atoms with E-state index in [-0.39, 0.29) is 12.5 Å². The molecule has 0 aromatic rings. The van der Waals surface area contributed by atoms with Crippen LogP contribution in [-0.2, 0) is 19.0 Å². The first kappa shape index (κ1) is 13.4. The molecule has 1 heterocycles. The highest BCUT2D eigenvalue weighted by Gasteiger charge is 2.29. The molecule has 0 bridgehead atoms. The molecule has 0 saturated carbocycles. The van der Waals surface area contributed by atoms with Gasteiger partial charge in [-0.15, -0.1) is 0 Å². The van der Waals surface area contributed by atoms with Gasteiger partial charge in [0.15, 0.2) is 5.79 Å². The lowest BCUT2D eigenvalue weighted by molar-refractivity contribution is -0.147. The zero-order valence-electron chi connectivity index (χ0n) is 10.1. The lowest BCUT2D eigenvalue weighted by atomic mass is 10.1. The van der Waals surface area contributed by atoms with Crippen molar-refractivity contribution in [3.63, 3.8) is 0 Å². The first-order chi connectivity index (χ1) is 7.66. The van der Waals surface area contributed by atoms with Crippen LogP contribution in [0.1, 0.15) is 26.7 Å². The van der Waals surface area contributed by atoms with E-state index in [9.17, 15) is 4.79 Å². The SMILES string of the molecule is CCOC(=O)CNCCCC1(C)OCCO1. The highest BCUT2D eigenvalue weighted by molar-refractivity contribution is 5.71. The quantitative estimate of drug-likeness (QED) is 0.516. The summed E-state index contributed by atoms with van der Waals surface area (Å²) in [5.41, 5.74) is 0. The number of hydrogen-bond acceptors (Lipinski definition) is 5. The monoisotopic (exact) mass is 231 g/mol. The maximum atomic E-state index is 11.0. The molecule has 1 fully saturated rings. The lowest BCUT2D eigenvalue weighted by Crippen LogP contribution is -2.29. The summed E-state index contributed by atoms with van der Waals surface area (Å²) in [4.78, 5) is 11.0. The minimum Gasteiger partial charge on any atom is -0.465 e. The van der Waals surface area contributed by atoms with E-state index in [0.717, 1.165) is 19.4 Å². The molecule has 0 aromatic carbocycles. The van der Waals surface area contributed by atoms with E-state index in [4.69, 9.17) is 14.2 Å². The molecule has 1 aliphatic rings. The Kier molecular flexibility index (Phi) is 5.73. The van der Waals surface area contributed by atoms with Crippen LogP contribution in [0.3, 0.4) is 0 Å². The number of esters is 1. The van der Waals surface area contributed by atoms with Gasteiger partial charge in [0, 0.05) is 6.42 Å². The van der Waals surface area contributed by atoms with Crippen LogP contribution >= 0.6 is 0 Å². The molecule has 0 radical (unpaired) electrons. The molecule has 0 atom stereocenters. The normalized spacial score (nSPS) is 18.6. The number of rotatable bonds is 7. The molecule has 0 spiro atoms. The predicted molar refractivity (Wildman–Crippen MR) is 59.0 cm³/mol. The fraction of sp³-hybridized carbons (Fsp3) is 0.909. The van der Waals surface area contributed by atoms with E-state index < -0.39 is 5.79 Å². The van der Waals surface area contributed by atoms with Crippen LogP contribution in [0, 0.1) is 0 Å². The van der Waals surface area contributed by atoms with Crippen LogP contribution in [0.2, 0.25) is 0 Å². The van der Waals surface area contributed by atoms with Gasteiger partial charge in [-0.05, 0) is 26.8 Å². The van der Waals surface area contributed by atoms with Crippen LogP contribution in [-0.4, -0.2) is 44.7 Å². The lowest BCUT2D eigenvalue weighted by Gasteiger charge is -2.21. The van der Waals surface area contributed by atoms with Crippen molar-refractivity contribution in [1.82, 2.24) is 5.32 Å². The Labute approximate surface area is 96.4 Å². The van der Waals surface area contributed by atoms with Crippen LogP contribution in [0.5, 0.6) is 0 Å². The molecule has 0 aliphatic carbocycles. The second kappa shape index (κ2) is 6.83. The Bertz CT molecular complexity index is 214. The third-order valence-corrected chi connectivity index (χ3v) is 2.46. The van der Waals surface area contributed by atoms with Gasteiger partial charge in [0.2, 0.25) is 0 Å². The topological polar surface area (TPSA) is 56.8 Å². The Balaban J connectivity index is 1.97. The molecule has 0 unspecified atom stereocenters.